The maximum absolute atomic E-state index is 10.4. The first-order chi connectivity index (χ1) is 6.20. The van der Waals surface area contributed by atoms with E-state index in [1.54, 1.807) is 0 Å². The molecule has 70 valence electrons. The molecular formula is C11H14O2. The van der Waals surface area contributed by atoms with Crippen LogP contribution < -0.4 is 0 Å². The lowest BCUT2D eigenvalue weighted by molar-refractivity contribution is -0.131. The van der Waals surface area contributed by atoms with Gasteiger partial charge in [-0.1, -0.05) is 24.1 Å². The zero-order chi connectivity index (χ0) is 9.42. The van der Waals surface area contributed by atoms with Gasteiger partial charge in [-0.05, 0) is 25.2 Å². The van der Waals surface area contributed by atoms with Gasteiger partial charge in [-0.2, -0.15) is 0 Å². The first kappa shape index (κ1) is 8.54. The molecule has 1 saturated carbocycles. The fourth-order valence-electron chi connectivity index (χ4n) is 2.38. The molecule has 0 aromatic rings. The van der Waals surface area contributed by atoms with Gasteiger partial charge in [-0.3, -0.25) is 0 Å². The molecule has 0 unspecified atom stereocenters. The lowest BCUT2D eigenvalue weighted by Crippen LogP contribution is -2.24. The van der Waals surface area contributed by atoms with E-state index < -0.39 is 5.97 Å². The van der Waals surface area contributed by atoms with Crippen LogP contribution >= 0.6 is 0 Å². The Bertz CT molecular complexity index is 299. The average molecular weight is 178 g/mol. The van der Waals surface area contributed by atoms with Gasteiger partial charge in [0, 0.05) is 12.0 Å². The van der Waals surface area contributed by atoms with Crippen LogP contribution in [-0.4, -0.2) is 11.1 Å². The number of hydrogen-bond donors (Lipinski definition) is 1. The van der Waals surface area contributed by atoms with Crippen LogP contribution in [0.5, 0.6) is 0 Å². The summed E-state index contributed by atoms with van der Waals surface area (Å²) in [5.74, 6) is 0.387. The Balaban J connectivity index is 2.09. The van der Waals surface area contributed by atoms with Gasteiger partial charge >= 0.3 is 5.97 Å². The molecule has 0 aromatic heterocycles. The minimum absolute atomic E-state index is 0.464. The van der Waals surface area contributed by atoms with Crippen molar-refractivity contribution in [2.45, 2.75) is 26.2 Å². The summed E-state index contributed by atoms with van der Waals surface area (Å²) < 4.78 is 0. The Morgan fingerprint density at radius 2 is 2.46 bits per heavy atom. The van der Waals surface area contributed by atoms with Crippen LogP contribution in [0.3, 0.4) is 0 Å². The van der Waals surface area contributed by atoms with Gasteiger partial charge in [-0.25, -0.2) is 4.79 Å². The highest BCUT2D eigenvalue weighted by atomic mass is 16.4. The van der Waals surface area contributed by atoms with E-state index in [4.69, 9.17) is 5.11 Å². The summed E-state index contributed by atoms with van der Waals surface area (Å²) in [4.78, 5) is 10.4. The molecule has 2 atom stereocenters. The zero-order valence-electron chi connectivity index (χ0n) is 7.79. The van der Waals surface area contributed by atoms with Gasteiger partial charge in [0.1, 0.15) is 0 Å². The van der Waals surface area contributed by atoms with E-state index in [-0.39, 0.29) is 0 Å². The van der Waals surface area contributed by atoms with E-state index in [0.717, 1.165) is 24.3 Å². The van der Waals surface area contributed by atoms with Crippen molar-refractivity contribution < 1.29 is 9.90 Å². The number of carboxylic acids is 1. The molecule has 0 spiro atoms. The van der Waals surface area contributed by atoms with Crippen LogP contribution in [0.1, 0.15) is 26.2 Å². The SMILES string of the molecule is CCC1=C[C@H]2C(=CC(=O)O)C[C@H]2C1. The van der Waals surface area contributed by atoms with Gasteiger partial charge in [0.2, 0.25) is 0 Å². The second-order valence-corrected chi connectivity index (χ2v) is 3.93. The topological polar surface area (TPSA) is 37.3 Å². The van der Waals surface area contributed by atoms with Crippen molar-refractivity contribution in [3.8, 4) is 0 Å². The van der Waals surface area contributed by atoms with Crippen molar-refractivity contribution in [3.05, 3.63) is 23.3 Å². The standard InChI is InChI=1S/C11H14O2/c1-2-7-3-8-5-9(6-11(12)13)10(8)4-7/h4,6,8,10H,2-3,5H2,1H3,(H,12,13)/t8-,10-/m1/s1. The largest absolute Gasteiger partial charge is 0.478 e. The summed E-state index contributed by atoms with van der Waals surface area (Å²) in [7, 11) is 0. The van der Waals surface area contributed by atoms with Crippen molar-refractivity contribution in [1.82, 2.24) is 0 Å². The number of fused-ring (bicyclic) bond motifs is 1. The maximum Gasteiger partial charge on any atom is 0.328 e. The third-order valence-corrected chi connectivity index (χ3v) is 3.14. The fraction of sp³-hybridized carbons (Fsp3) is 0.545. The molecule has 0 aliphatic heterocycles. The molecule has 2 heteroatoms. The Labute approximate surface area is 78.0 Å². The quantitative estimate of drug-likeness (QED) is 0.520. The van der Waals surface area contributed by atoms with Crippen LogP contribution in [0.25, 0.3) is 0 Å². The van der Waals surface area contributed by atoms with Crippen molar-refractivity contribution in [2.75, 3.05) is 0 Å². The normalized spacial score (nSPS) is 33.9. The van der Waals surface area contributed by atoms with Gasteiger partial charge in [-0.15, -0.1) is 0 Å². The molecule has 0 saturated heterocycles. The van der Waals surface area contributed by atoms with Crippen LogP contribution in [0.15, 0.2) is 23.3 Å². The lowest BCUT2D eigenvalue weighted by Gasteiger charge is -2.33. The zero-order valence-corrected chi connectivity index (χ0v) is 7.79. The Morgan fingerprint density at radius 1 is 1.69 bits per heavy atom. The number of hydrogen-bond acceptors (Lipinski definition) is 1. The maximum atomic E-state index is 10.4. The number of allylic oxidation sites excluding steroid dienone is 3. The van der Waals surface area contributed by atoms with E-state index in [9.17, 15) is 4.79 Å². The molecule has 0 heterocycles. The summed E-state index contributed by atoms with van der Waals surface area (Å²) in [6.45, 7) is 2.16. The predicted molar refractivity (Wildman–Crippen MR) is 50.3 cm³/mol. The molecule has 2 aliphatic rings. The molecule has 1 N–H and O–H groups in total. The van der Waals surface area contributed by atoms with Crippen LogP contribution in [0.2, 0.25) is 0 Å². The van der Waals surface area contributed by atoms with E-state index in [1.807, 2.05) is 0 Å². The molecule has 0 bridgehead atoms. The van der Waals surface area contributed by atoms with Crippen molar-refractivity contribution in [1.29, 1.82) is 0 Å². The van der Waals surface area contributed by atoms with Gasteiger partial charge in [0.05, 0.1) is 0 Å². The minimum atomic E-state index is -0.799. The fourth-order valence-corrected chi connectivity index (χ4v) is 2.38. The van der Waals surface area contributed by atoms with Crippen LogP contribution in [-0.2, 0) is 4.79 Å². The first-order valence-corrected chi connectivity index (χ1v) is 4.83. The summed E-state index contributed by atoms with van der Waals surface area (Å²) in [5.41, 5.74) is 2.62. The van der Waals surface area contributed by atoms with Crippen molar-refractivity contribution in [3.63, 3.8) is 0 Å². The predicted octanol–water partition coefficient (Wildman–Crippen LogP) is 2.37. The molecule has 2 rings (SSSR count). The summed E-state index contributed by atoms with van der Waals surface area (Å²) in [5, 5.41) is 8.59. The third kappa shape index (κ3) is 1.41. The molecule has 2 aliphatic carbocycles. The summed E-state index contributed by atoms with van der Waals surface area (Å²) >= 11 is 0. The highest BCUT2D eigenvalue weighted by Gasteiger charge is 2.38. The van der Waals surface area contributed by atoms with Crippen LogP contribution in [0, 0.1) is 11.8 Å². The smallest absolute Gasteiger partial charge is 0.328 e. The Morgan fingerprint density at radius 3 is 3.08 bits per heavy atom. The van der Waals surface area contributed by atoms with E-state index >= 15 is 0 Å². The Kier molecular flexibility index (Phi) is 1.98. The Hall–Kier alpha value is -1.05. The molecular weight excluding hydrogens is 164 g/mol. The van der Waals surface area contributed by atoms with Crippen molar-refractivity contribution in [2.24, 2.45) is 11.8 Å². The number of aliphatic carboxylic acids is 1. The van der Waals surface area contributed by atoms with Gasteiger partial charge in [0.15, 0.2) is 0 Å². The summed E-state index contributed by atoms with van der Waals surface area (Å²) in [6.07, 6.45) is 6.96. The second kappa shape index (κ2) is 3.02. The highest BCUT2D eigenvalue weighted by molar-refractivity contribution is 5.81. The monoisotopic (exact) mass is 178 g/mol. The highest BCUT2D eigenvalue weighted by Crippen LogP contribution is 2.49. The van der Waals surface area contributed by atoms with Crippen LogP contribution in [0.4, 0.5) is 0 Å². The number of carbonyl (C=O) groups is 1. The number of rotatable bonds is 2. The number of carboxylic acid groups (broad SMARTS) is 1. The minimum Gasteiger partial charge on any atom is -0.478 e. The van der Waals surface area contributed by atoms with Gasteiger partial charge in [0.25, 0.3) is 0 Å². The average Bonchev–Trinajstić information content (AvgIpc) is 2.38. The second-order valence-electron chi connectivity index (χ2n) is 3.93. The molecule has 0 aromatic carbocycles. The van der Waals surface area contributed by atoms with Gasteiger partial charge < -0.3 is 5.11 Å². The first-order valence-electron chi connectivity index (χ1n) is 4.83. The van der Waals surface area contributed by atoms with E-state index in [1.165, 1.54) is 18.1 Å². The van der Waals surface area contributed by atoms with E-state index in [2.05, 4.69) is 13.0 Å². The molecule has 13 heavy (non-hydrogen) atoms. The molecule has 1 fully saturated rings. The molecule has 0 radical (unpaired) electrons. The van der Waals surface area contributed by atoms with E-state index in [0.29, 0.717) is 5.92 Å². The summed E-state index contributed by atoms with van der Waals surface area (Å²) in [6, 6.07) is 0. The molecule has 0 amide bonds. The molecule has 2 nitrogen and oxygen atoms in total. The third-order valence-electron chi connectivity index (χ3n) is 3.14. The lowest BCUT2D eigenvalue weighted by atomic mass is 9.71. The van der Waals surface area contributed by atoms with Crippen molar-refractivity contribution >= 4 is 5.97 Å².